The zero-order valence-corrected chi connectivity index (χ0v) is 12.6. The molecule has 0 spiro atoms. The van der Waals surface area contributed by atoms with Gasteiger partial charge < -0.3 is 5.32 Å². The summed E-state index contributed by atoms with van der Waals surface area (Å²) in [6.45, 7) is 1.70. The highest BCUT2D eigenvalue weighted by Crippen LogP contribution is 2.09. The summed E-state index contributed by atoms with van der Waals surface area (Å²) in [6.07, 6.45) is 4.41. The van der Waals surface area contributed by atoms with Crippen LogP contribution in [0.3, 0.4) is 0 Å². The van der Waals surface area contributed by atoms with E-state index in [4.69, 9.17) is 0 Å². The van der Waals surface area contributed by atoms with Crippen molar-refractivity contribution < 1.29 is 14.4 Å². The Bertz CT molecular complexity index is 468. The number of carbonyl (C=O) groups is 3. The van der Waals surface area contributed by atoms with Crippen LogP contribution in [0, 0.1) is 0 Å². The maximum absolute atomic E-state index is 11.7. The fourth-order valence-electron chi connectivity index (χ4n) is 2.01. The molecule has 1 N–H and O–H groups in total. The van der Waals surface area contributed by atoms with Gasteiger partial charge in [0, 0.05) is 24.9 Å². The van der Waals surface area contributed by atoms with Crippen LogP contribution in [0.4, 0.5) is 5.69 Å². The van der Waals surface area contributed by atoms with E-state index in [0.717, 1.165) is 31.4 Å². The van der Waals surface area contributed by atoms with Gasteiger partial charge in [0.1, 0.15) is 0 Å². The van der Waals surface area contributed by atoms with Crippen LogP contribution in [0.5, 0.6) is 0 Å². The minimum absolute atomic E-state index is 0.0124. The first-order valence-corrected chi connectivity index (χ1v) is 7.54. The van der Waals surface area contributed by atoms with Gasteiger partial charge in [0.25, 0.3) is 0 Å². The first-order valence-electron chi connectivity index (χ1n) is 7.54. The molecule has 0 saturated heterocycles. The summed E-state index contributed by atoms with van der Waals surface area (Å²) in [5.41, 5.74) is 0.811. The first-order chi connectivity index (χ1) is 10.1. The van der Waals surface area contributed by atoms with Gasteiger partial charge in [0.2, 0.25) is 5.91 Å². The number of rotatable bonds is 10. The highest BCUT2D eigenvalue weighted by atomic mass is 16.2. The third-order valence-electron chi connectivity index (χ3n) is 3.25. The van der Waals surface area contributed by atoms with Gasteiger partial charge in [-0.3, -0.25) is 14.4 Å². The molecular weight excluding hydrogens is 266 g/mol. The predicted molar refractivity (Wildman–Crippen MR) is 83.1 cm³/mol. The third kappa shape index (κ3) is 7.40. The number of anilines is 1. The van der Waals surface area contributed by atoms with Crippen LogP contribution in [0.15, 0.2) is 30.3 Å². The Labute approximate surface area is 125 Å². The zero-order valence-electron chi connectivity index (χ0n) is 12.6. The van der Waals surface area contributed by atoms with Gasteiger partial charge in [-0.05, 0) is 25.0 Å². The molecule has 1 aromatic carbocycles. The monoisotopic (exact) mass is 289 g/mol. The average molecular weight is 289 g/mol. The maximum atomic E-state index is 11.7. The van der Waals surface area contributed by atoms with E-state index in [2.05, 4.69) is 5.32 Å². The number of Topliss-reactive ketones (excluding diaryl/α,β-unsaturated/α-hetero) is 2. The Hall–Kier alpha value is -1.97. The van der Waals surface area contributed by atoms with E-state index in [1.807, 2.05) is 30.3 Å². The molecule has 4 nitrogen and oxygen atoms in total. The van der Waals surface area contributed by atoms with Gasteiger partial charge >= 0.3 is 0 Å². The number of hydrogen-bond acceptors (Lipinski definition) is 3. The number of nitrogens with one attached hydrogen (secondary N) is 1. The molecule has 0 unspecified atom stereocenters. The summed E-state index contributed by atoms with van der Waals surface area (Å²) in [5.74, 6) is -0.532. The van der Waals surface area contributed by atoms with Crippen molar-refractivity contribution in [1.82, 2.24) is 0 Å². The van der Waals surface area contributed by atoms with Gasteiger partial charge in [0.15, 0.2) is 11.6 Å². The summed E-state index contributed by atoms with van der Waals surface area (Å²) in [6, 6.07) is 9.37. The smallest absolute Gasteiger partial charge is 0.224 e. The number of para-hydroxylation sites is 1. The van der Waals surface area contributed by atoms with Crippen LogP contribution in [-0.2, 0) is 14.4 Å². The molecule has 0 aliphatic rings. The summed E-state index contributed by atoms with van der Waals surface area (Å²) in [5, 5.41) is 2.84. The Morgan fingerprint density at radius 3 is 2.10 bits per heavy atom. The summed E-state index contributed by atoms with van der Waals surface area (Å²) >= 11 is 0. The quantitative estimate of drug-likeness (QED) is 0.529. The van der Waals surface area contributed by atoms with Crippen LogP contribution in [0.2, 0.25) is 0 Å². The molecule has 1 aromatic rings. The predicted octanol–water partition coefficient (Wildman–Crippen LogP) is 3.51. The van der Waals surface area contributed by atoms with Crippen molar-refractivity contribution in [3.05, 3.63) is 30.3 Å². The first kappa shape index (κ1) is 17.1. The lowest BCUT2D eigenvalue weighted by Gasteiger charge is -2.04. The molecule has 1 amide bonds. The number of ketones is 2. The largest absolute Gasteiger partial charge is 0.326 e. The van der Waals surface area contributed by atoms with E-state index < -0.39 is 0 Å². The molecule has 0 radical (unpaired) electrons. The van der Waals surface area contributed by atoms with Crippen molar-refractivity contribution in [3.8, 4) is 0 Å². The second-order valence-corrected chi connectivity index (χ2v) is 5.03. The number of carbonyl (C=O) groups excluding carboxylic acids is 3. The van der Waals surface area contributed by atoms with E-state index >= 15 is 0 Å². The maximum Gasteiger partial charge on any atom is 0.224 e. The minimum atomic E-state index is -0.280. The van der Waals surface area contributed by atoms with Gasteiger partial charge in [-0.2, -0.15) is 0 Å². The van der Waals surface area contributed by atoms with Gasteiger partial charge in [-0.1, -0.05) is 38.0 Å². The average Bonchev–Trinajstić information content (AvgIpc) is 2.50. The van der Waals surface area contributed by atoms with Crippen LogP contribution in [0.25, 0.3) is 0 Å². The molecule has 0 heterocycles. The van der Waals surface area contributed by atoms with Crippen molar-refractivity contribution in [2.45, 2.75) is 51.9 Å². The van der Waals surface area contributed by atoms with Crippen molar-refractivity contribution in [1.29, 1.82) is 0 Å². The van der Waals surface area contributed by atoms with Crippen LogP contribution in [-0.4, -0.2) is 17.5 Å². The van der Waals surface area contributed by atoms with Crippen molar-refractivity contribution in [3.63, 3.8) is 0 Å². The summed E-state index contributed by atoms with van der Waals surface area (Å²) < 4.78 is 0. The molecule has 0 fully saturated rings. The second kappa shape index (κ2) is 9.86. The molecule has 0 saturated carbocycles. The molecule has 21 heavy (non-hydrogen) atoms. The fraction of sp³-hybridized carbons (Fsp3) is 0.471. The Kier molecular flexibility index (Phi) is 8.02. The molecule has 0 atom stereocenters. The van der Waals surface area contributed by atoms with E-state index in [0.29, 0.717) is 19.3 Å². The Morgan fingerprint density at radius 2 is 1.48 bits per heavy atom. The molecule has 1 rings (SSSR count). The van der Waals surface area contributed by atoms with Crippen molar-refractivity contribution in [2.24, 2.45) is 0 Å². The van der Waals surface area contributed by atoms with Crippen molar-refractivity contribution in [2.75, 3.05) is 5.32 Å². The van der Waals surface area contributed by atoms with E-state index in [1.54, 1.807) is 6.92 Å². The third-order valence-corrected chi connectivity index (χ3v) is 3.25. The van der Waals surface area contributed by atoms with Gasteiger partial charge in [0.05, 0.1) is 0 Å². The zero-order chi connectivity index (χ0) is 15.5. The number of benzene rings is 1. The molecule has 114 valence electrons. The standard InChI is InChI=1S/C17H23NO3/c1-2-15(19)16(20)12-8-3-4-9-13-17(21)18-14-10-6-5-7-11-14/h5-7,10-11H,2-4,8-9,12-13H2,1H3,(H,18,21). The number of hydrogen-bond donors (Lipinski definition) is 1. The van der Waals surface area contributed by atoms with E-state index in [1.165, 1.54) is 0 Å². The molecular formula is C17H23NO3. The summed E-state index contributed by atoms with van der Waals surface area (Å²) in [7, 11) is 0. The van der Waals surface area contributed by atoms with Crippen LogP contribution >= 0.6 is 0 Å². The second-order valence-electron chi connectivity index (χ2n) is 5.03. The van der Waals surface area contributed by atoms with E-state index in [9.17, 15) is 14.4 Å². The lowest BCUT2D eigenvalue weighted by molar-refractivity contribution is -0.136. The number of amides is 1. The lowest BCUT2D eigenvalue weighted by Crippen LogP contribution is -2.12. The Balaban J connectivity index is 2.05. The highest BCUT2D eigenvalue weighted by molar-refractivity contribution is 6.37. The lowest BCUT2D eigenvalue weighted by atomic mass is 10.1. The molecule has 4 heteroatoms. The van der Waals surface area contributed by atoms with E-state index in [-0.39, 0.29) is 17.5 Å². The van der Waals surface area contributed by atoms with Gasteiger partial charge in [-0.15, -0.1) is 0 Å². The Morgan fingerprint density at radius 1 is 0.857 bits per heavy atom. The molecule has 0 aliphatic carbocycles. The highest BCUT2D eigenvalue weighted by Gasteiger charge is 2.10. The molecule has 0 aromatic heterocycles. The topological polar surface area (TPSA) is 63.2 Å². The minimum Gasteiger partial charge on any atom is -0.326 e. The number of unbranched alkanes of at least 4 members (excludes halogenated alkanes) is 3. The molecule has 0 aliphatic heterocycles. The van der Waals surface area contributed by atoms with Crippen LogP contribution in [0.1, 0.15) is 51.9 Å². The van der Waals surface area contributed by atoms with Crippen molar-refractivity contribution >= 4 is 23.2 Å². The normalized spacial score (nSPS) is 10.1. The SMILES string of the molecule is CCC(=O)C(=O)CCCCCCC(=O)Nc1ccccc1. The molecule has 0 bridgehead atoms. The van der Waals surface area contributed by atoms with Gasteiger partial charge in [-0.25, -0.2) is 0 Å². The summed E-state index contributed by atoms with van der Waals surface area (Å²) in [4.78, 5) is 34.1. The van der Waals surface area contributed by atoms with Crippen LogP contribution < -0.4 is 5.32 Å². The fourth-order valence-corrected chi connectivity index (χ4v) is 2.01.